The Balaban J connectivity index is 2.30. The van der Waals surface area contributed by atoms with Crippen molar-refractivity contribution in [2.24, 2.45) is 0 Å². The average molecular weight is 266 g/mol. The van der Waals surface area contributed by atoms with Crippen molar-refractivity contribution in [1.29, 1.82) is 0 Å². The fraction of sp³-hybridized carbons (Fsp3) is 0.357. The number of ether oxygens (including phenoxy) is 1. The Hall–Kier alpha value is -1.16. The predicted octanol–water partition coefficient (Wildman–Crippen LogP) is 3.35. The summed E-state index contributed by atoms with van der Waals surface area (Å²) < 4.78 is 5.37. The van der Waals surface area contributed by atoms with Crippen molar-refractivity contribution in [1.82, 2.24) is 4.98 Å². The molecule has 0 aliphatic carbocycles. The van der Waals surface area contributed by atoms with E-state index in [1.807, 2.05) is 19.1 Å². The zero-order chi connectivity index (χ0) is 13.0. The van der Waals surface area contributed by atoms with Crippen LogP contribution in [-0.2, 0) is 4.74 Å². The third-order valence-corrected chi connectivity index (χ3v) is 3.06. The fourth-order valence-electron chi connectivity index (χ4n) is 1.86. The molecule has 0 saturated heterocycles. The maximum atomic E-state index is 10.1. The van der Waals surface area contributed by atoms with Crippen LogP contribution in [0.15, 0.2) is 30.5 Å². The van der Waals surface area contributed by atoms with Crippen molar-refractivity contribution in [3.05, 3.63) is 41.0 Å². The smallest absolute Gasteiger partial charge is 0.104 e. The van der Waals surface area contributed by atoms with Crippen LogP contribution >= 0.6 is 11.6 Å². The Bertz CT molecular complexity index is 530. The summed E-state index contributed by atoms with van der Waals surface area (Å²) in [7, 11) is 0. The lowest BCUT2D eigenvalue weighted by Crippen LogP contribution is -2.08. The van der Waals surface area contributed by atoms with Gasteiger partial charge < -0.3 is 9.84 Å². The molecule has 4 heteroatoms. The summed E-state index contributed by atoms with van der Waals surface area (Å²) >= 11 is 6.11. The first kappa shape index (κ1) is 13.3. The van der Waals surface area contributed by atoms with Gasteiger partial charge in [0.05, 0.1) is 12.1 Å². The van der Waals surface area contributed by atoms with Crippen molar-refractivity contribution in [2.75, 3.05) is 13.2 Å². The quantitative estimate of drug-likeness (QED) is 0.843. The molecule has 1 unspecified atom stereocenters. The van der Waals surface area contributed by atoms with Gasteiger partial charge in [-0.1, -0.05) is 24.6 Å². The van der Waals surface area contributed by atoms with Crippen LogP contribution in [0.25, 0.3) is 10.9 Å². The van der Waals surface area contributed by atoms with Crippen LogP contribution in [0.2, 0.25) is 5.02 Å². The standard InChI is InChI=1S/C14H16ClNO2/c1-2-8-18-9-13(17)11-5-6-12(15)10-4-3-7-16-14(10)11/h3-7,13,17H,2,8-9H2,1H3. The predicted molar refractivity (Wildman–Crippen MR) is 72.8 cm³/mol. The molecule has 2 rings (SSSR count). The number of rotatable bonds is 5. The lowest BCUT2D eigenvalue weighted by atomic mass is 10.1. The highest BCUT2D eigenvalue weighted by atomic mass is 35.5. The van der Waals surface area contributed by atoms with Gasteiger partial charge in [0.25, 0.3) is 0 Å². The van der Waals surface area contributed by atoms with E-state index in [1.165, 1.54) is 0 Å². The molecule has 0 saturated carbocycles. The fourth-order valence-corrected chi connectivity index (χ4v) is 2.07. The average Bonchev–Trinajstić information content (AvgIpc) is 2.39. The number of nitrogens with zero attached hydrogens (tertiary/aromatic N) is 1. The molecule has 96 valence electrons. The SMILES string of the molecule is CCCOCC(O)c1ccc(Cl)c2cccnc12. The van der Waals surface area contributed by atoms with E-state index in [2.05, 4.69) is 4.98 Å². The zero-order valence-corrected chi connectivity index (χ0v) is 11.0. The Morgan fingerprint density at radius 3 is 3.00 bits per heavy atom. The highest BCUT2D eigenvalue weighted by Crippen LogP contribution is 2.28. The number of aromatic nitrogens is 1. The van der Waals surface area contributed by atoms with Gasteiger partial charge in [0.1, 0.15) is 6.10 Å². The van der Waals surface area contributed by atoms with Crippen LogP contribution in [0.3, 0.4) is 0 Å². The highest BCUT2D eigenvalue weighted by molar-refractivity contribution is 6.35. The summed E-state index contributed by atoms with van der Waals surface area (Å²) in [6.45, 7) is 2.96. The molecule has 0 spiro atoms. The molecule has 0 amide bonds. The minimum absolute atomic E-state index is 0.279. The first-order valence-electron chi connectivity index (χ1n) is 6.03. The molecule has 18 heavy (non-hydrogen) atoms. The van der Waals surface area contributed by atoms with E-state index in [0.29, 0.717) is 11.6 Å². The Labute approximate surface area is 111 Å². The van der Waals surface area contributed by atoms with E-state index >= 15 is 0 Å². The molecule has 0 aliphatic heterocycles. The molecule has 0 fully saturated rings. The normalized spacial score (nSPS) is 12.8. The van der Waals surface area contributed by atoms with E-state index < -0.39 is 6.10 Å². The second-order valence-corrected chi connectivity index (χ2v) is 4.53. The molecule has 1 heterocycles. The first-order chi connectivity index (χ1) is 8.74. The second kappa shape index (κ2) is 6.14. The number of fused-ring (bicyclic) bond motifs is 1. The molecule has 1 N–H and O–H groups in total. The van der Waals surface area contributed by atoms with E-state index in [0.717, 1.165) is 22.9 Å². The van der Waals surface area contributed by atoms with Gasteiger partial charge in [0.2, 0.25) is 0 Å². The van der Waals surface area contributed by atoms with E-state index in [9.17, 15) is 5.11 Å². The van der Waals surface area contributed by atoms with Gasteiger partial charge in [-0.25, -0.2) is 0 Å². The highest BCUT2D eigenvalue weighted by Gasteiger charge is 2.13. The second-order valence-electron chi connectivity index (χ2n) is 4.13. The van der Waals surface area contributed by atoms with Crippen molar-refractivity contribution in [3.8, 4) is 0 Å². The van der Waals surface area contributed by atoms with E-state index in [4.69, 9.17) is 16.3 Å². The van der Waals surface area contributed by atoms with Crippen LogP contribution in [0.1, 0.15) is 25.0 Å². The lowest BCUT2D eigenvalue weighted by Gasteiger charge is -2.13. The van der Waals surface area contributed by atoms with Crippen LogP contribution in [-0.4, -0.2) is 23.3 Å². The molecule has 1 aromatic heterocycles. The van der Waals surface area contributed by atoms with Crippen molar-refractivity contribution >= 4 is 22.5 Å². The lowest BCUT2D eigenvalue weighted by molar-refractivity contribution is 0.0370. The molecular formula is C14H16ClNO2. The number of benzene rings is 1. The van der Waals surface area contributed by atoms with Crippen LogP contribution in [0.5, 0.6) is 0 Å². The number of halogens is 1. The van der Waals surface area contributed by atoms with Crippen LogP contribution < -0.4 is 0 Å². The van der Waals surface area contributed by atoms with Gasteiger partial charge in [0.15, 0.2) is 0 Å². The third-order valence-electron chi connectivity index (χ3n) is 2.73. The van der Waals surface area contributed by atoms with Gasteiger partial charge in [-0.15, -0.1) is 0 Å². The van der Waals surface area contributed by atoms with Gasteiger partial charge >= 0.3 is 0 Å². The summed E-state index contributed by atoms with van der Waals surface area (Å²) in [5.74, 6) is 0. The summed E-state index contributed by atoms with van der Waals surface area (Å²) in [6.07, 6.45) is 1.96. The molecular weight excluding hydrogens is 250 g/mol. The topological polar surface area (TPSA) is 42.4 Å². The molecule has 1 aromatic carbocycles. The summed E-state index contributed by atoms with van der Waals surface area (Å²) in [6, 6.07) is 7.31. The number of hydrogen-bond donors (Lipinski definition) is 1. The maximum Gasteiger partial charge on any atom is 0.104 e. The minimum Gasteiger partial charge on any atom is -0.386 e. The number of pyridine rings is 1. The largest absolute Gasteiger partial charge is 0.386 e. The van der Waals surface area contributed by atoms with Gasteiger partial charge in [-0.05, 0) is 24.6 Å². The third kappa shape index (κ3) is 2.80. The summed E-state index contributed by atoms with van der Waals surface area (Å²) in [5.41, 5.74) is 1.49. The first-order valence-corrected chi connectivity index (χ1v) is 6.40. The number of hydrogen-bond acceptors (Lipinski definition) is 3. The molecule has 1 atom stereocenters. The molecule has 0 radical (unpaired) electrons. The van der Waals surface area contributed by atoms with E-state index in [1.54, 1.807) is 18.3 Å². The maximum absolute atomic E-state index is 10.1. The van der Waals surface area contributed by atoms with Gasteiger partial charge in [-0.2, -0.15) is 0 Å². The van der Waals surface area contributed by atoms with Crippen LogP contribution in [0, 0.1) is 0 Å². The Kier molecular flexibility index (Phi) is 4.53. The Morgan fingerprint density at radius 1 is 1.39 bits per heavy atom. The minimum atomic E-state index is -0.675. The Morgan fingerprint density at radius 2 is 2.22 bits per heavy atom. The van der Waals surface area contributed by atoms with Crippen molar-refractivity contribution < 1.29 is 9.84 Å². The summed E-state index contributed by atoms with van der Waals surface area (Å²) in [4.78, 5) is 4.29. The summed E-state index contributed by atoms with van der Waals surface area (Å²) in [5, 5.41) is 11.6. The molecule has 0 aliphatic rings. The monoisotopic (exact) mass is 265 g/mol. The number of aliphatic hydroxyl groups excluding tert-OH is 1. The van der Waals surface area contributed by atoms with E-state index in [-0.39, 0.29) is 6.61 Å². The van der Waals surface area contributed by atoms with Gasteiger partial charge in [0, 0.05) is 28.8 Å². The number of aliphatic hydroxyl groups is 1. The molecule has 3 nitrogen and oxygen atoms in total. The zero-order valence-electron chi connectivity index (χ0n) is 10.3. The van der Waals surface area contributed by atoms with Gasteiger partial charge in [-0.3, -0.25) is 4.98 Å². The molecule has 2 aromatic rings. The van der Waals surface area contributed by atoms with Crippen molar-refractivity contribution in [3.63, 3.8) is 0 Å². The van der Waals surface area contributed by atoms with Crippen molar-refractivity contribution in [2.45, 2.75) is 19.4 Å². The van der Waals surface area contributed by atoms with Crippen LogP contribution in [0.4, 0.5) is 0 Å². The molecule has 0 bridgehead atoms.